The molecule has 148 valence electrons. The van der Waals surface area contributed by atoms with E-state index in [-0.39, 0.29) is 0 Å². The van der Waals surface area contributed by atoms with Gasteiger partial charge in [0.15, 0.2) is 0 Å². The lowest BCUT2D eigenvalue weighted by Gasteiger charge is -2.21. The summed E-state index contributed by atoms with van der Waals surface area (Å²) in [4.78, 5) is 12.1. The second kappa shape index (κ2) is 9.91. The summed E-state index contributed by atoms with van der Waals surface area (Å²) >= 11 is 5.82. The number of halogens is 1. The van der Waals surface area contributed by atoms with Crippen LogP contribution in [0.3, 0.4) is 0 Å². The van der Waals surface area contributed by atoms with Crippen LogP contribution in [0.1, 0.15) is 5.56 Å². The van der Waals surface area contributed by atoms with Gasteiger partial charge in [0.05, 0.1) is 18.2 Å². The molecule has 0 bridgehead atoms. The topological polar surface area (TPSA) is 88.1 Å². The first-order valence-corrected chi connectivity index (χ1v) is 10.4. The van der Waals surface area contributed by atoms with Gasteiger partial charge in [-0.25, -0.2) is 13.8 Å². The number of carbonyl (C=O) groups excluding carboxylic acids is 1. The molecule has 0 fully saturated rings. The number of carbonyl (C=O) groups is 1. The summed E-state index contributed by atoms with van der Waals surface area (Å²) in [7, 11) is -3.66. The van der Waals surface area contributed by atoms with Crippen molar-refractivity contribution in [2.24, 2.45) is 5.10 Å². The highest BCUT2D eigenvalue weighted by molar-refractivity contribution is 7.92. The Morgan fingerprint density at radius 3 is 2.64 bits per heavy atom. The first kappa shape index (κ1) is 21.5. The van der Waals surface area contributed by atoms with Crippen LogP contribution in [0.15, 0.2) is 66.3 Å². The third-order valence-corrected chi connectivity index (χ3v) is 4.82. The fraction of sp³-hybridized carbons (Fsp3) is 0.158. The van der Waals surface area contributed by atoms with E-state index in [9.17, 15) is 13.2 Å². The minimum Gasteiger partial charge on any atom is -0.490 e. The number of hydrogen-bond acceptors (Lipinski definition) is 5. The third-order valence-electron chi connectivity index (χ3n) is 3.43. The van der Waals surface area contributed by atoms with Crippen molar-refractivity contribution in [1.29, 1.82) is 0 Å². The maximum absolute atomic E-state index is 12.1. The quantitative estimate of drug-likeness (QED) is 0.383. The van der Waals surface area contributed by atoms with Gasteiger partial charge in [0.1, 0.15) is 18.9 Å². The van der Waals surface area contributed by atoms with Crippen molar-refractivity contribution in [3.63, 3.8) is 0 Å². The van der Waals surface area contributed by atoms with Crippen molar-refractivity contribution < 1.29 is 17.9 Å². The summed E-state index contributed by atoms with van der Waals surface area (Å²) in [5.41, 5.74) is 3.36. The second-order valence-corrected chi connectivity index (χ2v) is 8.05. The first-order chi connectivity index (χ1) is 13.3. The average molecular weight is 422 g/mol. The molecule has 7 nitrogen and oxygen atoms in total. The zero-order chi connectivity index (χ0) is 20.6. The van der Waals surface area contributed by atoms with Crippen molar-refractivity contribution in [1.82, 2.24) is 5.43 Å². The monoisotopic (exact) mass is 421 g/mol. The summed E-state index contributed by atoms with van der Waals surface area (Å²) in [6, 6.07) is 13.2. The largest absolute Gasteiger partial charge is 0.490 e. The normalized spacial score (nSPS) is 11.2. The Kier molecular flexibility index (Phi) is 7.60. The summed E-state index contributed by atoms with van der Waals surface area (Å²) < 4.78 is 30.4. The smallest absolute Gasteiger partial charge is 0.260 e. The SMILES string of the molecule is C=CCOc1cccc(/C=N\NC(=O)CN(c2ccc(Cl)cc2)S(C)(=O)=O)c1. The molecule has 0 spiro atoms. The fourth-order valence-electron chi connectivity index (χ4n) is 2.19. The second-order valence-electron chi connectivity index (χ2n) is 5.71. The molecule has 0 aliphatic carbocycles. The molecule has 2 rings (SSSR count). The Hall–Kier alpha value is -2.84. The van der Waals surface area contributed by atoms with Crippen LogP contribution in [0, 0.1) is 0 Å². The summed E-state index contributed by atoms with van der Waals surface area (Å²) in [6.45, 7) is 3.54. The average Bonchev–Trinajstić information content (AvgIpc) is 2.65. The van der Waals surface area contributed by atoms with E-state index in [4.69, 9.17) is 16.3 Å². The highest BCUT2D eigenvalue weighted by Gasteiger charge is 2.20. The van der Waals surface area contributed by atoms with Crippen LogP contribution in [0.4, 0.5) is 5.69 Å². The van der Waals surface area contributed by atoms with Crippen LogP contribution in [0.5, 0.6) is 5.75 Å². The molecule has 0 aromatic heterocycles. The Balaban J connectivity index is 2.02. The van der Waals surface area contributed by atoms with Gasteiger partial charge in [0.2, 0.25) is 10.0 Å². The maximum Gasteiger partial charge on any atom is 0.260 e. The Morgan fingerprint density at radius 1 is 1.29 bits per heavy atom. The van der Waals surface area contributed by atoms with Crippen molar-refractivity contribution in [2.45, 2.75) is 0 Å². The number of amides is 1. The van der Waals surface area contributed by atoms with Gasteiger partial charge >= 0.3 is 0 Å². The molecule has 0 heterocycles. The number of nitrogens with one attached hydrogen (secondary N) is 1. The lowest BCUT2D eigenvalue weighted by molar-refractivity contribution is -0.119. The van der Waals surface area contributed by atoms with Gasteiger partial charge in [-0.3, -0.25) is 9.10 Å². The number of rotatable bonds is 9. The van der Waals surface area contributed by atoms with E-state index in [2.05, 4.69) is 17.1 Å². The van der Waals surface area contributed by atoms with Gasteiger partial charge in [-0.1, -0.05) is 36.4 Å². The molecule has 0 aliphatic heterocycles. The Labute approximate surface area is 169 Å². The molecule has 0 saturated carbocycles. The molecule has 1 amide bonds. The van der Waals surface area contributed by atoms with Crippen molar-refractivity contribution in [3.05, 3.63) is 71.8 Å². The van der Waals surface area contributed by atoms with Gasteiger partial charge in [-0.2, -0.15) is 5.10 Å². The number of ether oxygens (including phenoxy) is 1. The molecule has 1 N–H and O–H groups in total. The maximum atomic E-state index is 12.1. The van der Waals surface area contributed by atoms with Gasteiger partial charge < -0.3 is 4.74 Å². The number of hydrogen-bond donors (Lipinski definition) is 1. The van der Waals surface area contributed by atoms with Gasteiger partial charge in [-0.05, 0) is 42.0 Å². The first-order valence-electron chi connectivity index (χ1n) is 8.18. The van der Waals surface area contributed by atoms with Crippen LogP contribution in [-0.4, -0.2) is 39.9 Å². The molecule has 2 aromatic carbocycles. The summed E-state index contributed by atoms with van der Waals surface area (Å²) in [6.07, 6.45) is 4.09. The van der Waals surface area contributed by atoms with Gasteiger partial charge in [0, 0.05) is 5.02 Å². The zero-order valence-corrected chi connectivity index (χ0v) is 16.8. The van der Waals surface area contributed by atoms with E-state index in [1.165, 1.54) is 18.3 Å². The lowest BCUT2D eigenvalue weighted by atomic mass is 10.2. The fourth-order valence-corrected chi connectivity index (χ4v) is 3.17. The lowest BCUT2D eigenvalue weighted by Crippen LogP contribution is -2.38. The van der Waals surface area contributed by atoms with E-state index >= 15 is 0 Å². The molecule has 0 aliphatic rings. The highest BCUT2D eigenvalue weighted by atomic mass is 35.5. The standard InChI is InChI=1S/C19H20ClN3O4S/c1-3-11-27-18-6-4-5-15(12-18)13-21-22-19(24)14-23(28(2,25)26)17-9-7-16(20)8-10-17/h3-10,12-13H,1,11,14H2,2H3,(H,22,24)/b21-13-. The summed E-state index contributed by atoms with van der Waals surface area (Å²) in [5, 5.41) is 4.33. The van der Waals surface area contributed by atoms with Crippen molar-refractivity contribution in [3.8, 4) is 5.75 Å². The number of anilines is 1. The number of hydrazone groups is 1. The molecule has 0 saturated heterocycles. The Morgan fingerprint density at radius 2 is 2.00 bits per heavy atom. The minimum atomic E-state index is -3.66. The van der Waals surface area contributed by atoms with Crippen molar-refractivity contribution >= 4 is 39.4 Å². The molecule has 0 radical (unpaired) electrons. The van der Waals surface area contributed by atoms with Gasteiger partial charge in [0.25, 0.3) is 5.91 Å². The minimum absolute atomic E-state index is 0.332. The predicted octanol–water partition coefficient (Wildman–Crippen LogP) is 2.82. The van der Waals surface area contributed by atoms with Gasteiger partial charge in [-0.15, -0.1) is 0 Å². The van der Waals surface area contributed by atoms with Crippen LogP contribution in [0.2, 0.25) is 5.02 Å². The van der Waals surface area contributed by atoms with Crippen LogP contribution < -0.4 is 14.5 Å². The Bertz CT molecular complexity index is 959. The van der Waals surface area contributed by atoms with Crippen LogP contribution in [-0.2, 0) is 14.8 Å². The molecular weight excluding hydrogens is 402 g/mol. The molecule has 28 heavy (non-hydrogen) atoms. The molecule has 9 heteroatoms. The zero-order valence-electron chi connectivity index (χ0n) is 15.2. The number of sulfonamides is 1. The molecule has 0 atom stereocenters. The number of benzene rings is 2. The van der Waals surface area contributed by atoms with Crippen LogP contribution >= 0.6 is 11.6 Å². The van der Waals surface area contributed by atoms with E-state index in [0.717, 1.165) is 10.6 Å². The molecule has 0 unspecified atom stereocenters. The molecule has 2 aromatic rings. The van der Waals surface area contributed by atoms with E-state index in [1.54, 1.807) is 42.5 Å². The highest BCUT2D eigenvalue weighted by Crippen LogP contribution is 2.20. The number of nitrogens with zero attached hydrogens (tertiary/aromatic N) is 2. The van der Waals surface area contributed by atoms with Crippen LogP contribution in [0.25, 0.3) is 0 Å². The van der Waals surface area contributed by atoms with E-state index in [0.29, 0.717) is 28.6 Å². The predicted molar refractivity (Wildman–Crippen MR) is 112 cm³/mol. The summed E-state index contributed by atoms with van der Waals surface area (Å²) in [5.74, 6) is 0.0526. The third kappa shape index (κ3) is 6.71. The van der Waals surface area contributed by atoms with E-state index in [1.807, 2.05) is 0 Å². The van der Waals surface area contributed by atoms with Crippen molar-refractivity contribution in [2.75, 3.05) is 23.7 Å². The van der Waals surface area contributed by atoms with E-state index < -0.39 is 22.5 Å². The molecular formula is C19H20ClN3O4S.